The van der Waals surface area contributed by atoms with Crippen LogP contribution >= 0.6 is 0 Å². The maximum atomic E-state index is 2.58. The van der Waals surface area contributed by atoms with E-state index in [-0.39, 0.29) is 0 Å². The predicted molar refractivity (Wildman–Crippen MR) is 96.7 cm³/mol. The monoisotopic (exact) mass is 300 g/mol. The summed E-state index contributed by atoms with van der Waals surface area (Å²) in [6.07, 6.45) is 20.5. The molecule has 3 aliphatic carbocycles. The van der Waals surface area contributed by atoms with Crippen LogP contribution in [0.1, 0.15) is 78.6 Å². The third-order valence-electron chi connectivity index (χ3n) is 6.95. The average Bonchev–Trinajstić information content (AvgIpc) is 2.71. The van der Waals surface area contributed by atoms with Gasteiger partial charge in [-0.3, -0.25) is 0 Å². The highest BCUT2D eigenvalue weighted by Crippen LogP contribution is 2.43. The second-order valence-electron chi connectivity index (χ2n) is 8.84. The molecule has 5 atom stereocenters. The number of hydrogen-bond acceptors (Lipinski definition) is 0. The van der Waals surface area contributed by atoms with E-state index in [2.05, 4.69) is 39.0 Å². The van der Waals surface area contributed by atoms with Crippen LogP contribution in [-0.2, 0) is 0 Å². The fourth-order valence-electron chi connectivity index (χ4n) is 5.26. The Balaban J connectivity index is 1.62. The summed E-state index contributed by atoms with van der Waals surface area (Å²) in [5, 5.41) is 0. The van der Waals surface area contributed by atoms with Crippen LogP contribution in [0.5, 0.6) is 0 Å². The third-order valence-corrected chi connectivity index (χ3v) is 6.95. The molecule has 124 valence electrons. The maximum Gasteiger partial charge on any atom is -0.00231 e. The molecule has 0 radical (unpaired) electrons. The van der Waals surface area contributed by atoms with Gasteiger partial charge in [0, 0.05) is 0 Å². The Kier molecular flexibility index (Phi) is 5.47. The number of hydrogen-bond donors (Lipinski definition) is 0. The van der Waals surface area contributed by atoms with Crippen LogP contribution < -0.4 is 0 Å². The first-order valence-electron chi connectivity index (χ1n) is 9.99. The van der Waals surface area contributed by atoms with Crippen LogP contribution in [0.2, 0.25) is 0 Å². The van der Waals surface area contributed by atoms with Gasteiger partial charge in [-0.25, -0.2) is 0 Å². The minimum absolute atomic E-state index is 0.797. The molecule has 1 saturated carbocycles. The Morgan fingerprint density at radius 1 is 1.18 bits per heavy atom. The SMILES string of the molecule is CC(C)C1CCC(C)C(CC2CC=CC3CCCC=C3C2)C1. The molecule has 0 N–H and O–H groups in total. The molecule has 0 bridgehead atoms. The van der Waals surface area contributed by atoms with Crippen LogP contribution in [-0.4, -0.2) is 0 Å². The van der Waals surface area contributed by atoms with Gasteiger partial charge >= 0.3 is 0 Å². The van der Waals surface area contributed by atoms with E-state index in [9.17, 15) is 0 Å². The second-order valence-corrected chi connectivity index (χ2v) is 8.84. The number of rotatable bonds is 3. The molecule has 5 unspecified atom stereocenters. The first-order valence-corrected chi connectivity index (χ1v) is 9.99. The number of fused-ring (bicyclic) bond motifs is 1. The van der Waals surface area contributed by atoms with Gasteiger partial charge in [0.2, 0.25) is 0 Å². The standard InChI is InChI=1S/C22H36/c1-16(2)20-12-11-17(3)22(15-20)14-18-7-6-10-19-8-4-5-9-21(19)13-18/h6,9-10,16-20,22H,4-5,7-8,11-15H2,1-3H3. The largest absolute Gasteiger partial charge is 0.0876 e. The van der Waals surface area contributed by atoms with Crippen molar-refractivity contribution in [2.24, 2.45) is 35.5 Å². The zero-order valence-corrected chi connectivity index (χ0v) is 15.1. The van der Waals surface area contributed by atoms with Crippen molar-refractivity contribution in [3.63, 3.8) is 0 Å². The van der Waals surface area contributed by atoms with Gasteiger partial charge in [-0.1, -0.05) is 51.0 Å². The molecule has 1 fully saturated rings. The normalized spacial score (nSPS) is 39.3. The molecule has 3 rings (SSSR count). The Morgan fingerprint density at radius 3 is 2.86 bits per heavy atom. The van der Waals surface area contributed by atoms with Crippen molar-refractivity contribution in [3.8, 4) is 0 Å². The van der Waals surface area contributed by atoms with Crippen molar-refractivity contribution < 1.29 is 0 Å². The molecule has 0 aromatic carbocycles. The summed E-state index contributed by atoms with van der Waals surface area (Å²) in [5.74, 6) is 5.53. The van der Waals surface area contributed by atoms with Crippen molar-refractivity contribution in [2.45, 2.75) is 78.6 Å². The molecule has 0 nitrogen and oxygen atoms in total. The lowest BCUT2D eigenvalue weighted by molar-refractivity contribution is 0.134. The highest BCUT2D eigenvalue weighted by atomic mass is 14.4. The zero-order chi connectivity index (χ0) is 15.5. The fourth-order valence-corrected chi connectivity index (χ4v) is 5.26. The minimum atomic E-state index is 0.797. The van der Waals surface area contributed by atoms with E-state index in [4.69, 9.17) is 0 Å². The second kappa shape index (κ2) is 7.37. The van der Waals surface area contributed by atoms with Crippen molar-refractivity contribution in [1.29, 1.82) is 0 Å². The van der Waals surface area contributed by atoms with E-state index < -0.39 is 0 Å². The lowest BCUT2D eigenvalue weighted by atomic mass is 9.68. The molecule has 0 saturated heterocycles. The minimum Gasteiger partial charge on any atom is -0.0876 e. The molecule has 0 spiro atoms. The smallest absolute Gasteiger partial charge is 0.00231 e. The summed E-state index contributed by atoms with van der Waals surface area (Å²) in [7, 11) is 0. The zero-order valence-electron chi connectivity index (χ0n) is 15.1. The van der Waals surface area contributed by atoms with Gasteiger partial charge in [0.15, 0.2) is 0 Å². The van der Waals surface area contributed by atoms with E-state index >= 15 is 0 Å². The van der Waals surface area contributed by atoms with E-state index in [1.54, 1.807) is 5.57 Å². The Labute approximate surface area is 138 Å². The van der Waals surface area contributed by atoms with Gasteiger partial charge in [-0.15, -0.1) is 0 Å². The van der Waals surface area contributed by atoms with Crippen molar-refractivity contribution in [3.05, 3.63) is 23.8 Å². The predicted octanol–water partition coefficient (Wildman–Crippen LogP) is 6.78. The quantitative estimate of drug-likeness (QED) is 0.504. The van der Waals surface area contributed by atoms with Crippen molar-refractivity contribution in [1.82, 2.24) is 0 Å². The molecule has 0 aliphatic heterocycles. The van der Waals surface area contributed by atoms with Crippen molar-refractivity contribution >= 4 is 0 Å². The topological polar surface area (TPSA) is 0 Å². The van der Waals surface area contributed by atoms with Crippen LogP contribution in [0.15, 0.2) is 23.8 Å². The summed E-state index contributed by atoms with van der Waals surface area (Å²) in [6.45, 7) is 7.39. The molecular weight excluding hydrogens is 264 g/mol. The van der Waals surface area contributed by atoms with Gasteiger partial charge in [0.05, 0.1) is 0 Å². The van der Waals surface area contributed by atoms with Crippen molar-refractivity contribution in [2.75, 3.05) is 0 Å². The summed E-state index contributed by atoms with van der Waals surface area (Å²) < 4.78 is 0. The highest BCUT2D eigenvalue weighted by Gasteiger charge is 2.31. The Hall–Kier alpha value is -0.520. The van der Waals surface area contributed by atoms with Gasteiger partial charge in [0.1, 0.15) is 0 Å². The van der Waals surface area contributed by atoms with E-state index in [0.717, 1.165) is 35.5 Å². The van der Waals surface area contributed by atoms with Crippen LogP contribution in [0.4, 0.5) is 0 Å². The summed E-state index contributed by atoms with van der Waals surface area (Å²) >= 11 is 0. The van der Waals surface area contributed by atoms with Gasteiger partial charge in [0.25, 0.3) is 0 Å². The molecule has 0 aromatic heterocycles. The van der Waals surface area contributed by atoms with Gasteiger partial charge < -0.3 is 0 Å². The van der Waals surface area contributed by atoms with Gasteiger partial charge in [-0.05, 0) is 86.9 Å². The molecule has 0 aromatic rings. The van der Waals surface area contributed by atoms with Gasteiger partial charge in [-0.2, -0.15) is 0 Å². The lowest BCUT2D eigenvalue weighted by Crippen LogP contribution is -2.27. The maximum absolute atomic E-state index is 2.58. The molecule has 0 heteroatoms. The highest BCUT2D eigenvalue weighted by molar-refractivity contribution is 5.19. The Bertz CT molecular complexity index is 414. The van der Waals surface area contributed by atoms with E-state index in [1.165, 1.54) is 57.8 Å². The first-order chi connectivity index (χ1) is 10.6. The molecule has 0 heterocycles. The molecule has 0 amide bonds. The fraction of sp³-hybridized carbons (Fsp3) is 0.818. The summed E-state index contributed by atoms with van der Waals surface area (Å²) in [6, 6.07) is 0. The molecule has 22 heavy (non-hydrogen) atoms. The summed E-state index contributed by atoms with van der Waals surface area (Å²) in [4.78, 5) is 0. The van der Waals surface area contributed by atoms with Crippen LogP contribution in [0.25, 0.3) is 0 Å². The lowest BCUT2D eigenvalue weighted by Gasteiger charge is -2.38. The van der Waals surface area contributed by atoms with E-state index in [1.807, 2.05) is 0 Å². The first kappa shape index (κ1) is 16.3. The third kappa shape index (κ3) is 3.87. The summed E-state index contributed by atoms with van der Waals surface area (Å²) in [5.41, 5.74) is 1.79. The van der Waals surface area contributed by atoms with Crippen LogP contribution in [0, 0.1) is 35.5 Å². The average molecular weight is 301 g/mol. The Morgan fingerprint density at radius 2 is 2.05 bits per heavy atom. The number of allylic oxidation sites excluding steroid dienone is 4. The molecule has 3 aliphatic rings. The van der Waals surface area contributed by atoms with E-state index in [0.29, 0.717) is 0 Å². The molecular formula is C22H36. The van der Waals surface area contributed by atoms with Crippen LogP contribution in [0.3, 0.4) is 0 Å².